The molecule has 0 heterocycles. The highest BCUT2D eigenvalue weighted by Crippen LogP contribution is 2.16. The van der Waals surface area contributed by atoms with Gasteiger partial charge in [0, 0.05) is 6.54 Å². The largest absolute Gasteiger partial charge is 0.493 e. The number of para-hydroxylation sites is 1. The van der Waals surface area contributed by atoms with Crippen LogP contribution in [0.5, 0.6) is 5.75 Å². The maximum atomic E-state index is 11.6. The Morgan fingerprint density at radius 3 is 2.41 bits per heavy atom. The fraction of sp³-hybridized carbons (Fsp3) is 0.250. The monoisotopic (exact) mass is 370 g/mol. The first kappa shape index (κ1) is 20.0. The summed E-state index contributed by atoms with van der Waals surface area (Å²) >= 11 is 0. The molecule has 0 unspecified atom stereocenters. The minimum absolute atomic E-state index is 0.00180. The van der Waals surface area contributed by atoms with E-state index in [1.807, 2.05) is 61.5 Å². The van der Waals surface area contributed by atoms with Crippen LogP contribution in [0.2, 0.25) is 0 Å². The van der Waals surface area contributed by atoms with E-state index < -0.39 is 24.5 Å². The van der Waals surface area contributed by atoms with Gasteiger partial charge in [-0.05, 0) is 24.1 Å². The van der Waals surface area contributed by atoms with Crippen LogP contribution in [0.4, 0.5) is 4.79 Å². The average molecular weight is 370 g/mol. The number of hydrogen-bond acceptors (Lipinski definition) is 5. The molecule has 0 spiro atoms. The van der Waals surface area contributed by atoms with Crippen molar-refractivity contribution in [1.82, 2.24) is 10.6 Å². The predicted octanol–water partition coefficient (Wildman–Crippen LogP) is 2.33. The summed E-state index contributed by atoms with van der Waals surface area (Å²) in [7, 11) is 0. The summed E-state index contributed by atoms with van der Waals surface area (Å²) in [6, 6.07) is 16.1. The van der Waals surface area contributed by atoms with Gasteiger partial charge < -0.3 is 14.8 Å². The van der Waals surface area contributed by atoms with E-state index in [-0.39, 0.29) is 19.6 Å². The molecule has 0 aliphatic carbocycles. The number of hydrogen-bond donors (Lipinski definition) is 2. The number of imide groups is 1. The van der Waals surface area contributed by atoms with Gasteiger partial charge in [-0.25, -0.2) is 4.79 Å². The zero-order valence-corrected chi connectivity index (χ0v) is 15.1. The third-order valence-electron chi connectivity index (χ3n) is 3.57. The smallest absolute Gasteiger partial charge is 0.321 e. The lowest BCUT2D eigenvalue weighted by molar-refractivity contribution is -0.148. The van der Waals surface area contributed by atoms with Crippen LogP contribution >= 0.6 is 0 Å². The molecule has 0 aliphatic heterocycles. The number of amides is 3. The number of esters is 1. The first-order valence-corrected chi connectivity index (χ1v) is 8.50. The van der Waals surface area contributed by atoms with Gasteiger partial charge >= 0.3 is 12.0 Å². The maximum Gasteiger partial charge on any atom is 0.321 e. The van der Waals surface area contributed by atoms with Crippen LogP contribution in [0.25, 0.3) is 0 Å². The van der Waals surface area contributed by atoms with Crippen molar-refractivity contribution in [2.75, 3.05) is 13.2 Å². The topological polar surface area (TPSA) is 93.7 Å². The molecule has 2 aromatic rings. The van der Waals surface area contributed by atoms with Crippen LogP contribution in [0.1, 0.15) is 17.5 Å². The summed E-state index contributed by atoms with van der Waals surface area (Å²) in [5, 5.41) is 4.64. The van der Waals surface area contributed by atoms with Crippen LogP contribution in [-0.4, -0.2) is 31.1 Å². The number of benzene rings is 2. The van der Waals surface area contributed by atoms with Gasteiger partial charge in [0.25, 0.3) is 5.91 Å². The Morgan fingerprint density at radius 2 is 1.67 bits per heavy atom. The molecule has 0 atom stereocenters. The van der Waals surface area contributed by atoms with E-state index in [9.17, 15) is 14.4 Å². The summed E-state index contributed by atoms with van der Waals surface area (Å²) in [5.41, 5.74) is 1.87. The summed E-state index contributed by atoms with van der Waals surface area (Å²) in [6.07, 6.45) is 0.00180. The Bertz CT molecular complexity index is 777. The molecule has 3 amide bonds. The highest BCUT2D eigenvalue weighted by atomic mass is 16.5. The molecule has 2 aromatic carbocycles. The lowest BCUT2D eigenvalue weighted by Crippen LogP contribution is -2.41. The van der Waals surface area contributed by atoms with Gasteiger partial charge in [0.15, 0.2) is 6.61 Å². The molecular weight excluding hydrogens is 348 g/mol. The number of carbonyl (C=O) groups excluding carboxylic acids is 3. The second-order valence-corrected chi connectivity index (χ2v) is 5.74. The highest BCUT2D eigenvalue weighted by Gasteiger charge is 2.11. The zero-order chi connectivity index (χ0) is 19.5. The number of rotatable bonds is 8. The molecule has 27 heavy (non-hydrogen) atoms. The first-order chi connectivity index (χ1) is 13.0. The molecule has 0 saturated heterocycles. The second-order valence-electron chi connectivity index (χ2n) is 5.74. The third kappa shape index (κ3) is 7.60. The van der Waals surface area contributed by atoms with Crippen molar-refractivity contribution in [3.63, 3.8) is 0 Å². The van der Waals surface area contributed by atoms with Crippen molar-refractivity contribution in [3.8, 4) is 5.75 Å². The molecule has 0 radical (unpaired) electrons. The van der Waals surface area contributed by atoms with Gasteiger partial charge in [-0.2, -0.15) is 0 Å². The van der Waals surface area contributed by atoms with Crippen molar-refractivity contribution in [3.05, 3.63) is 65.7 Å². The first-order valence-electron chi connectivity index (χ1n) is 8.50. The maximum absolute atomic E-state index is 11.6. The van der Waals surface area contributed by atoms with Crippen molar-refractivity contribution in [2.45, 2.75) is 19.9 Å². The van der Waals surface area contributed by atoms with E-state index in [4.69, 9.17) is 9.47 Å². The van der Waals surface area contributed by atoms with Crippen LogP contribution in [0.3, 0.4) is 0 Å². The van der Waals surface area contributed by atoms with Gasteiger partial charge in [0.05, 0.1) is 13.0 Å². The van der Waals surface area contributed by atoms with E-state index in [2.05, 4.69) is 10.6 Å². The second kappa shape index (κ2) is 10.6. The fourth-order valence-electron chi connectivity index (χ4n) is 2.17. The van der Waals surface area contributed by atoms with Crippen molar-refractivity contribution < 1.29 is 23.9 Å². The molecular formula is C20H22N2O5. The van der Waals surface area contributed by atoms with E-state index in [0.717, 1.165) is 11.1 Å². The number of carbonyl (C=O) groups is 3. The Balaban J connectivity index is 1.59. The SMILES string of the molecule is Cc1ccccc1OCCC(=O)OCC(=O)NC(=O)NCc1ccccc1. The lowest BCUT2D eigenvalue weighted by Gasteiger charge is -2.09. The van der Waals surface area contributed by atoms with Crippen molar-refractivity contribution in [1.29, 1.82) is 0 Å². The average Bonchev–Trinajstić information content (AvgIpc) is 2.67. The lowest BCUT2D eigenvalue weighted by atomic mass is 10.2. The normalized spacial score (nSPS) is 9.96. The number of nitrogens with one attached hydrogen (secondary N) is 2. The van der Waals surface area contributed by atoms with E-state index >= 15 is 0 Å². The van der Waals surface area contributed by atoms with E-state index in [1.165, 1.54) is 0 Å². The molecule has 0 bridgehead atoms. The predicted molar refractivity (Wildman–Crippen MR) is 99.1 cm³/mol. The minimum Gasteiger partial charge on any atom is -0.493 e. The molecule has 0 aliphatic rings. The number of aryl methyl sites for hydroxylation is 1. The number of urea groups is 1. The van der Waals surface area contributed by atoms with Gasteiger partial charge in [0.1, 0.15) is 5.75 Å². The van der Waals surface area contributed by atoms with Crippen molar-refractivity contribution in [2.24, 2.45) is 0 Å². The molecule has 142 valence electrons. The third-order valence-corrected chi connectivity index (χ3v) is 3.57. The van der Waals surface area contributed by atoms with Gasteiger partial charge in [-0.3, -0.25) is 14.9 Å². The van der Waals surface area contributed by atoms with Gasteiger partial charge in [-0.1, -0.05) is 48.5 Å². The quantitative estimate of drug-likeness (QED) is 0.696. The molecule has 0 aromatic heterocycles. The van der Waals surface area contributed by atoms with Crippen LogP contribution < -0.4 is 15.4 Å². The summed E-state index contributed by atoms with van der Waals surface area (Å²) < 4.78 is 10.3. The standard InChI is InChI=1S/C20H22N2O5/c1-15-7-5-6-10-17(15)26-12-11-19(24)27-14-18(23)22-20(25)21-13-16-8-3-2-4-9-16/h2-10H,11-14H2,1H3,(H2,21,22,23,25). The van der Waals surface area contributed by atoms with Crippen LogP contribution in [-0.2, 0) is 20.9 Å². The molecule has 7 nitrogen and oxygen atoms in total. The summed E-state index contributed by atoms with van der Waals surface area (Å²) in [5.74, 6) is -0.588. The Hall–Kier alpha value is -3.35. The summed E-state index contributed by atoms with van der Waals surface area (Å²) in [6.45, 7) is 1.81. The molecule has 0 fully saturated rings. The van der Waals surface area contributed by atoms with E-state index in [0.29, 0.717) is 5.75 Å². The fourth-order valence-corrected chi connectivity index (χ4v) is 2.17. The number of ether oxygens (including phenoxy) is 2. The Labute approximate surface area is 157 Å². The molecule has 2 N–H and O–H groups in total. The summed E-state index contributed by atoms with van der Waals surface area (Å²) in [4.78, 5) is 34.9. The molecule has 7 heteroatoms. The minimum atomic E-state index is -0.700. The highest BCUT2D eigenvalue weighted by molar-refractivity contribution is 5.95. The Kier molecular flexibility index (Phi) is 7.84. The molecule has 2 rings (SSSR count). The van der Waals surface area contributed by atoms with Crippen LogP contribution in [0.15, 0.2) is 54.6 Å². The molecule has 0 saturated carbocycles. The van der Waals surface area contributed by atoms with Gasteiger partial charge in [-0.15, -0.1) is 0 Å². The Morgan fingerprint density at radius 1 is 0.963 bits per heavy atom. The van der Waals surface area contributed by atoms with Crippen molar-refractivity contribution >= 4 is 17.9 Å². The van der Waals surface area contributed by atoms with E-state index in [1.54, 1.807) is 0 Å². The van der Waals surface area contributed by atoms with Crippen LogP contribution in [0, 0.1) is 6.92 Å². The van der Waals surface area contributed by atoms with Gasteiger partial charge in [0.2, 0.25) is 0 Å². The zero-order valence-electron chi connectivity index (χ0n) is 15.1.